The first-order chi connectivity index (χ1) is 9.65. The van der Waals surface area contributed by atoms with Gasteiger partial charge in [0.05, 0.1) is 6.20 Å². The molecule has 0 spiro atoms. The van der Waals surface area contributed by atoms with Gasteiger partial charge < -0.3 is 10.4 Å². The SMILES string of the molecule is Cc1c(CNC2CCCc3cc(O)ccc32)cnn1C. The molecule has 1 aliphatic rings. The van der Waals surface area contributed by atoms with E-state index in [0.717, 1.165) is 19.4 Å². The highest BCUT2D eigenvalue weighted by Gasteiger charge is 2.20. The molecule has 4 heteroatoms. The summed E-state index contributed by atoms with van der Waals surface area (Å²) in [7, 11) is 1.97. The van der Waals surface area contributed by atoms with E-state index in [9.17, 15) is 5.11 Å². The molecule has 3 rings (SSSR count). The van der Waals surface area contributed by atoms with E-state index in [2.05, 4.69) is 23.4 Å². The number of fused-ring (bicyclic) bond motifs is 1. The van der Waals surface area contributed by atoms with Crippen LogP contribution in [0.5, 0.6) is 5.75 Å². The molecular weight excluding hydrogens is 250 g/mol. The van der Waals surface area contributed by atoms with E-state index in [1.165, 1.54) is 28.8 Å². The number of aryl methyl sites for hydroxylation is 2. The Hall–Kier alpha value is -1.81. The summed E-state index contributed by atoms with van der Waals surface area (Å²) in [6.45, 7) is 2.93. The normalized spacial score (nSPS) is 18.0. The first-order valence-electron chi connectivity index (χ1n) is 7.18. The molecular formula is C16H21N3O. The third-order valence-corrected chi connectivity index (χ3v) is 4.32. The van der Waals surface area contributed by atoms with Crippen LogP contribution in [-0.2, 0) is 20.0 Å². The average Bonchev–Trinajstić information content (AvgIpc) is 2.76. The van der Waals surface area contributed by atoms with Gasteiger partial charge in [-0.2, -0.15) is 5.10 Å². The minimum Gasteiger partial charge on any atom is -0.508 e. The number of nitrogens with one attached hydrogen (secondary N) is 1. The van der Waals surface area contributed by atoms with Crippen LogP contribution in [-0.4, -0.2) is 14.9 Å². The number of aromatic nitrogens is 2. The van der Waals surface area contributed by atoms with Gasteiger partial charge in [-0.25, -0.2) is 0 Å². The third-order valence-electron chi connectivity index (χ3n) is 4.32. The van der Waals surface area contributed by atoms with Crippen LogP contribution in [0.3, 0.4) is 0 Å². The van der Waals surface area contributed by atoms with E-state index in [0.29, 0.717) is 11.8 Å². The Morgan fingerprint density at radius 3 is 3.05 bits per heavy atom. The Morgan fingerprint density at radius 2 is 2.30 bits per heavy atom. The van der Waals surface area contributed by atoms with Crippen molar-refractivity contribution in [3.8, 4) is 5.75 Å². The van der Waals surface area contributed by atoms with Crippen molar-refractivity contribution in [1.29, 1.82) is 0 Å². The highest BCUT2D eigenvalue weighted by Crippen LogP contribution is 2.32. The molecule has 2 N–H and O–H groups in total. The summed E-state index contributed by atoms with van der Waals surface area (Å²) in [6, 6.07) is 6.11. The molecule has 0 radical (unpaired) electrons. The van der Waals surface area contributed by atoms with E-state index in [4.69, 9.17) is 0 Å². The molecule has 0 aliphatic heterocycles. The van der Waals surface area contributed by atoms with Crippen LogP contribution in [0.1, 0.15) is 41.3 Å². The van der Waals surface area contributed by atoms with E-state index in [1.807, 2.05) is 24.0 Å². The van der Waals surface area contributed by atoms with Crippen molar-refractivity contribution in [1.82, 2.24) is 15.1 Å². The average molecular weight is 271 g/mol. The Balaban J connectivity index is 1.75. The summed E-state index contributed by atoms with van der Waals surface area (Å²) in [5.41, 5.74) is 5.06. The Labute approximate surface area is 119 Å². The zero-order chi connectivity index (χ0) is 14.1. The molecule has 1 atom stereocenters. The minimum absolute atomic E-state index is 0.368. The van der Waals surface area contributed by atoms with Crippen molar-refractivity contribution in [3.63, 3.8) is 0 Å². The Bertz CT molecular complexity index is 618. The maximum atomic E-state index is 9.59. The molecule has 1 aromatic heterocycles. The molecule has 20 heavy (non-hydrogen) atoms. The summed E-state index contributed by atoms with van der Waals surface area (Å²) in [5, 5.41) is 17.5. The maximum Gasteiger partial charge on any atom is 0.115 e. The Kier molecular flexibility index (Phi) is 3.49. The predicted octanol–water partition coefficient (Wildman–Crippen LogP) is 2.60. The smallest absolute Gasteiger partial charge is 0.115 e. The minimum atomic E-state index is 0.368. The molecule has 1 aromatic carbocycles. The van der Waals surface area contributed by atoms with Gasteiger partial charge in [-0.1, -0.05) is 6.07 Å². The second-order valence-corrected chi connectivity index (χ2v) is 5.59. The van der Waals surface area contributed by atoms with Crippen LogP contribution in [0, 0.1) is 6.92 Å². The van der Waals surface area contributed by atoms with Crippen molar-refractivity contribution >= 4 is 0 Å². The van der Waals surface area contributed by atoms with Crippen LogP contribution in [0.2, 0.25) is 0 Å². The van der Waals surface area contributed by atoms with E-state index >= 15 is 0 Å². The third kappa shape index (κ3) is 2.43. The topological polar surface area (TPSA) is 50.1 Å². The van der Waals surface area contributed by atoms with E-state index in [-0.39, 0.29) is 0 Å². The summed E-state index contributed by atoms with van der Waals surface area (Å²) in [4.78, 5) is 0. The molecule has 1 aliphatic carbocycles. The van der Waals surface area contributed by atoms with Crippen molar-refractivity contribution in [3.05, 3.63) is 46.8 Å². The van der Waals surface area contributed by atoms with Crippen molar-refractivity contribution in [2.75, 3.05) is 0 Å². The summed E-state index contributed by atoms with van der Waals surface area (Å²) >= 11 is 0. The fourth-order valence-corrected chi connectivity index (χ4v) is 2.96. The first kappa shape index (κ1) is 13.2. The van der Waals surface area contributed by atoms with Gasteiger partial charge in [0.2, 0.25) is 0 Å². The van der Waals surface area contributed by atoms with Gasteiger partial charge >= 0.3 is 0 Å². The fraction of sp³-hybridized carbons (Fsp3) is 0.438. The largest absolute Gasteiger partial charge is 0.508 e. The lowest BCUT2D eigenvalue weighted by atomic mass is 9.87. The molecule has 0 fully saturated rings. The van der Waals surface area contributed by atoms with Crippen LogP contribution in [0.4, 0.5) is 0 Å². The van der Waals surface area contributed by atoms with E-state index in [1.54, 1.807) is 6.07 Å². The zero-order valence-electron chi connectivity index (χ0n) is 12.1. The number of phenolic OH excluding ortho intramolecular Hbond substituents is 1. The van der Waals surface area contributed by atoms with Crippen molar-refractivity contribution < 1.29 is 5.11 Å². The monoisotopic (exact) mass is 271 g/mol. The Morgan fingerprint density at radius 1 is 1.45 bits per heavy atom. The number of hydrogen-bond acceptors (Lipinski definition) is 3. The lowest BCUT2D eigenvalue weighted by Crippen LogP contribution is -2.25. The molecule has 0 saturated carbocycles. The van der Waals surface area contributed by atoms with Gasteiger partial charge in [0.25, 0.3) is 0 Å². The number of aromatic hydroxyl groups is 1. The lowest BCUT2D eigenvalue weighted by molar-refractivity contribution is 0.449. The van der Waals surface area contributed by atoms with Crippen LogP contribution in [0.15, 0.2) is 24.4 Å². The number of phenols is 1. The first-order valence-corrected chi connectivity index (χ1v) is 7.18. The summed E-state index contributed by atoms with van der Waals surface area (Å²) in [5.74, 6) is 0.368. The predicted molar refractivity (Wildman–Crippen MR) is 78.6 cm³/mol. The van der Waals surface area contributed by atoms with Crippen molar-refractivity contribution in [2.45, 2.75) is 38.8 Å². The summed E-state index contributed by atoms with van der Waals surface area (Å²) in [6.07, 6.45) is 5.31. The van der Waals surface area contributed by atoms with E-state index < -0.39 is 0 Å². The molecule has 4 nitrogen and oxygen atoms in total. The second-order valence-electron chi connectivity index (χ2n) is 5.59. The van der Waals surface area contributed by atoms with Gasteiger partial charge in [0.15, 0.2) is 0 Å². The van der Waals surface area contributed by atoms with Gasteiger partial charge in [0.1, 0.15) is 5.75 Å². The quantitative estimate of drug-likeness (QED) is 0.902. The molecule has 0 saturated heterocycles. The van der Waals surface area contributed by atoms with Gasteiger partial charge in [0, 0.05) is 30.9 Å². The number of rotatable bonds is 3. The molecule has 1 heterocycles. The highest BCUT2D eigenvalue weighted by atomic mass is 16.3. The molecule has 0 amide bonds. The second kappa shape index (κ2) is 5.29. The van der Waals surface area contributed by atoms with Crippen LogP contribution >= 0.6 is 0 Å². The van der Waals surface area contributed by atoms with Gasteiger partial charge in [-0.3, -0.25) is 4.68 Å². The lowest BCUT2D eigenvalue weighted by Gasteiger charge is -2.26. The molecule has 106 valence electrons. The number of hydrogen-bond donors (Lipinski definition) is 2. The number of nitrogens with zero attached hydrogens (tertiary/aromatic N) is 2. The number of benzene rings is 1. The van der Waals surface area contributed by atoms with Gasteiger partial charge in [-0.05, 0) is 49.4 Å². The molecule has 0 bridgehead atoms. The van der Waals surface area contributed by atoms with Crippen LogP contribution < -0.4 is 5.32 Å². The van der Waals surface area contributed by atoms with Crippen molar-refractivity contribution in [2.24, 2.45) is 7.05 Å². The van der Waals surface area contributed by atoms with Crippen LogP contribution in [0.25, 0.3) is 0 Å². The summed E-state index contributed by atoms with van der Waals surface area (Å²) < 4.78 is 1.91. The standard InChI is InChI=1S/C16H21N3O/c1-11-13(10-18-19(11)2)9-17-16-5-3-4-12-8-14(20)6-7-15(12)16/h6-8,10,16-17,20H,3-5,9H2,1-2H3. The maximum absolute atomic E-state index is 9.59. The highest BCUT2D eigenvalue weighted by molar-refractivity contribution is 5.38. The molecule has 2 aromatic rings. The zero-order valence-corrected chi connectivity index (χ0v) is 12.1. The van der Waals surface area contributed by atoms with Gasteiger partial charge in [-0.15, -0.1) is 0 Å². The fourth-order valence-electron chi connectivity index (χ4n) is 2.96. The molecule has 1 unspecified atom stereocenters.